The summed E-state index contributed by atoms with van der Waals surface area (Å²) < 4.78 is 24.4. The maximum atomic E-state index is 6.73. The Balaban J connectivity index is 1.11. The van der Waals surface area contributed by atoms with Crippen molar-refractivity contribution in [3.05, 3.63) is 146 Å². The standard InChI is InChI=1S/C46H24N4O3/c1-5-13-35-26(9-1)30-18-20-32-28-11-3-7-15-37(28)51-43(32)41(30)49(35)25-17-22-39-34(23-25)40-45(53-39)46(48-24-47-40)50-36-14-6-2-10-27(36)31-19-21-33-29-12-4-8-16-38(29)52-44(33)42(31)50/h1-24H. The molecule has 53 heavy (non-hydrogen) atoms. The summed E-state index contributed by atoms with van der Waals surface area (Å²) >= 11 is 0. The Hall–Kier alpha value is -7.38. The van der Waals surface area contributed by atoms with E-state index in [1.807, 2.05) is 36.4 Å². The fourth-order valence-corrected chi connectivity index (χ4v) is 8.80. The van der Waals surface area contributed by atoms with Crippen LogP contribution in [0.1, 0.15) is 0 Å². The van der Waals surface area contributed by atoms with Gasteiger partial charge in [0, 0.05) is 54.2 Å². The van der Waals surface area contributed by atoms with Crippen molar-refractivity contribution in [1.82, 2.24) is 19.1 Å². The lowest BCUT2D eigenvalue weighted by atomic mass is 10.1. The smallest absolute Gasteiger partial charge is 0.197 e. The summed E-state index contributed by atoms with van der Waals surface area (Å²) in [5, 5.41) is 9.72. The minimum Gasteiger partial charge on any atom is -0.454 e. The zero-order valence-electron chi connectivity index (χ0n) is 27.9. The molecule has 6 aromatic heterocycles. The van der Waals surface area contributed by atoms with E-state index in [1.165, 1.54) is 0 Å². The highest BCUT2D eigenvalue weighted by Crippen LogP contribution is 2.43. The van der Waals surface area contributed by atoms with Crippen molar-refractivity contribution in [2.45, 2.75) is 0 Å². The van der Waals surface area contributed by atoms with Crippen LogP contribution in [0.25, 0.3) is 121 Å². The molecular weight excluding hydrogens is 657 g/mol. The molecule has 0 bridgehead atoms. The average Bonchev–Trinajstić information content (AvgIpc) is 4.01. The topological polar surface area (TPSA) is 75.1 Å². The summed E-state index contributed by atoms with van der Waals surface area (Å²) in [7, 11) is 0. The molecule has 0 amide bonds. The van der Waals surface area contributed by atoms with Crippen molar-refractivity contribution in [1.29, 1.82) is 0 Å². The Morgan fingerprint density at radius 1 is 0.377 bits per heavy atom. The molecule has 0 unspecified atom stereocenters. The van der Waals surface area contributed by atoms with Crippen molar-refractivity contribution in [2.75, 3.05) is 0 Å². The van der Waals surface area contributed by atoms with Crippen molar-refractivity contribution < 1.29 is 13.3 Å². The maximum absolute atomic E-state index is 6.73. The molecule has 0 aliphatic carbocycles. The van der Waals surface area contributed by atoms with Gasteiger partial charge in [0.1, 0.15) is 28.6 Å². The molecular formula is C46H24N4O3. The van der Waals surface area contributed by atoms with E-state index in [9.17, 15) is 0 Å². The van der Waals surface area contributed by atoms with E-state index in [0.717, 1.165) is 110 Å². The van der Waals surface area contributed by atoms with Crippen LogP contribution in [-0.4, -0.2) is 19.1 Å². The number of para-hydroxylation sites is 4. The molecule has 0 aliphatic rings. The predicted octanol–water partition coefficient (Wildman–Crippen LogP) is 12.4. The minimum atomic E-state index is 0.609. The van der Waals surface area contributed by atoms with Gasteiger partial charge >= 0.3 is 0 Å². The molecule has 0 atom stereocenters. The van der Waals surface area contributed by atoms with E-state index in [0.29, 0.717) is 11.4 Å². The molecule has 13 rings (SSSR count). The van der Waals surface area contributed by atoms with E-state index >= 15 is 0 Å². The Labute approximate surface area is 298 Å². The molecule has 0 saturated carbocycles. The highest BCUT2D eigenvalue weighted by Gasteiger charge is 2.24. The van der Waals surface area contributed by atoms with Crippen LogP contribution in [0, 0.1) is 0 Å². The van der Waals surface area contributed by atoms with Crippen LogP contribution >= 0.6 is 0 Å². The van der Waals surface area contributed by atoms with Crippen LogP contribution in [0.3, 0.4) is 0 Å². The van der Waals surface area contributed by atoms with Gasteiger partial charge in [-0.05, 0) is 54.6 Å². The van der Waals surface area contributed by atoms with Gasteiger partial charge in [0.05, 0.1) is 22.1 Å². The Kier molecular flexibility index (Phi) is 5.00. The number of rotatable bonds is 2. The number of aromatic nitrogens is 4. The first-order valence-electron chi connectivity index (χ1n) is 17.6. The number of nitrogens with zero attached hydrogens (tertiary/aromatic N) is 4. The molecule has 0 radical (unpaired) electrons. The van der Waals surface area contributed by atoms with E-state index in [-0.39, 0.29) is 0 Å². The largest absolute Gasteiger partial charge is 0.454 e. The Bertz CT molecular complexity index is 3700. The maximum Gasteiger partial charge on any atom is 0.197 e. The lowest BCUT2D eigenvalue weighted by molar-refractivity contribution is 0.661. The summed E-state index contributed by atoms with van der Waals surface area (Å²) in [6.45, 7) is 0. The summed E-state index contributed by atoms with van der Waals surface area (Å²) in [6.07, 6.45) is 1.64. The zero-order valence-corrected chi connectivity index (χ0v) is 27.9. The zero-order chi connectivity index (χ0) is 34.4. The predicted molar refractivity (Wildman–Crippen MR) is 213 cm³/mol. The van der Waals surface area contributed by atoms with Gasteiger partial charge in [-0.15, -0.1) is 0 Å². The van der Waals surface area contributed by atoms with Gasteiger partial charge in [-0.25, -0.2) is 9.97 Å². The summed E-state index contributed by atoms with van der Waals surface area (Å²) in [5.41, 5.74) is 10.5. The van der Waals surface area contributed by atoms with E-state index in [2.05, 4.69) is 112 Å². The molecule has 7 aromatic carbocycles. The van der Waals surface area contributed by atoms with Crippen LogP contribution in [0.5, 0.6) is 0 Å². The third kappa shape index (κ3) is 3.43. The third-order valence-electron chi connectivity index (χ3n) is 11.0. The fourth-order valence-electron chi connectivity index (χ4n) is 8.80. The summed E-state index contributed by atoms with van der Waals surface area (Å²) in [6, 6.07) is 48.4. The number of fused-ring (bicyclic) bond motifs is 17. The van der Waals surface area contributed by atoms with Gasteiger partial charge < -0.3 is 17.8 Å². The molecule has 0 N–H and O–H groups in total. The second kappa shape index (κ2) is 9.69. The highest BCUT2D eigenvalue weighted by atomic mass is 16.3. The van der Waals surface area contributed by atoms with Gasteiger partial charge in [0.2, 0.25) is 0 Å². The molecule has 7 heteroatoms. The van der Waals surface area contributed by atoms with Gasteiger partial charge in [0.15, 0.2) is 22.6 Å². The second-order valence-electron chi connectivity index (χ2n) is 13.7. The van der Waals surface area contributed by atoms with Crippen molar-refractivity contribution in [3.8, 4) is 11.5 Å². The Morgan fingerprint density at radius 3 is 1.55 bits per heavy atom. The number of hydrogen-bond donors (Lipinski definition) is 0. The molecule has 0 spiro atoms. The van der Waals surface area contributed by atoms with Gasteiger partial charge in [-0.2, -0.15) is 0 Å². The molecule has 7 nitrogen and oxygen atoms in total. The summed E-state index contributed by atoms with van der Waals surface area (Å²) in [5.74, 6) is 0.660. The molecule has 246 valence electrons. The Morgan fingerprint density at radius 2 is 0.887 bits per heavy atom. The first-order valence-corrected chi connectivity index (χ1v) is 17.6. The molecule has 0 saturated heterocycles. The molecule has 0 fully saturated rings. The molecule has 0 aliphatic heterocycles. The van der Waals surface area contributed by atoms with Crippen LogP contribution in [-0.2, 0) is 0 Å². The van der Waals surface area contributed by atoms with Gasteiger partial charge in [-0.1, -0.05) is 84.9 Å². The number of benzene rings is 7. The van der Waals surface area contributed by atoms with Crippen molar-refractivity contribution in [2.24, 2.45) is 0 Å². The third-order valence-corrected chi connectivity index (χ3v) is 11.0. The van der Waals surface area contributed by atoms with Crippen LogP contribution in [0.2, 0.25) is 0 Å². The van der Waals surface area contributed by atoms with Crippen molar-refractivity contribution >= 4 is 110 Å². The van der Waals surface area contributed by atoms with Crippen LogP contribution in [0.15, 0.2) is 159 Å². The van der Waals surface area contributed by atoms with E-state index < -0.39 is 0 Å². The number of furan rings is 3. The average molecular weight is 681 g/mol. The lowest BCUT2D eigenvalue weighted by Gasteiger charge is -2.08. The van der Waals surface area contributed by atoms with E-state index in [1.54, 1.807) is 6.33 Å². The monoisotopic (exact) mass is 680 g/mol. The van der Waals surface area contributed by atoms with E-state index in [4.69, 9.17) is 23.2 Å². The van der Waals surface area contributed by atoms with Crippen LogP contribution < -0.4 is 0 Å². The second-order valence-corrected chi connectivity index (χ2v) is 13.7. The fraction of sp³-hybridized carbons (Fsp3) is 0. The summed E-state index contributed by atoms with van der Waals surface area (Å²) in [4.78, 5) is 9.77. The molecule has 13 aromatic rings. The van der Waals surface area contributed by atoms with Crippen molar-refractivity contribution in [3.63, 3.8) is 0 Å². The first kappa shape index (κ1) is 27.4. The normalized spacial score (nSPS) is 12.5. The SMILES string of the molecule is c1ccc2c(c1)oc1c2ccc2c3ccccc3n(-c3ccc4oc5c(-n6c7ccccc7c7ccc8c9ccccc9oc8c76)ncnc5c4c3)c21. The molecule has 6 heterocycles. The lowest BCUT2D eigenvalue weighted by Crippen LogP contribution is -1.99. The van der Waals surface area contributed by atoms with Gasteiger partial charge in [0.25, 0.3) is 0 Å². The first-order chi connectivity index (χ1) is 26.3. The highest BCUT2D eigenvalue weighted by molar-refractivity contribution is 6.23. The van der Waals surface area contributed by atoms with Crippen LogP contribution in [0.4, 0.5) is 0 Å². The van der Waals surface area contributed by atoms with Gasteiger partial charge in [-0.3, -0.25) is 4.57 Å². The number of hydrogen-bond acceptors (Lipinski definition) is 5. The minimum absolute atomic E-state index is 0.609. The quantitative estimate of drug-likeness (QED) is 0.182.